The maximum Gasteiger partial charge on any atom is 0.284 e. The third-order valence-corrected chi connectivity index (χ3v) is 4.05. The minimum atomic E-state index is -0.492. The van der Waals surface area contributed by atoms with Gasteiger partial charge in [-0.15, -0.1) is 0 Å². The van der Waals surface area contributed by atoms with Gasteiger partial charge in [0.05, 0.1) is 10.5 Å². The van der Waals surface area contributed by atoms with Crippen LogP contribution in [0.5, 0.6) is 0 Å². The van der Waals surface area contributed by atoms with E-state index < -0.39 is 4.92 Å². The summed E-state index contributed by atoms with van der Waals surface area (Å²) in [6.07, 6.45) is 1.97. The molecule has 1 aromatic carbocycles. The highest BCUT2D eigenvalue weighted by molar-refractivity contribution is 9.10. The summed E-state index contributed by atoms with van der Waals surface area (Å²) >= 11 is 3.16. The monoisotopic (exact) mass is 312 g/mol. The van der Waals surface area contributed by atoms with Crippen molar-refractivity contribution >= 4 is 27.5 Å². The van der Waals surface area contributed by atoms with Crippen molar-refractivity contribution in [2.75, 3.05) is 6.54 Å². The topological polar surface area (TPSA) is 63.5 Å². The first-order chi connectivity index (χ1) is 8.52. The van der Waals surface area contributed by atoms with Crippen LogP contribution in [0.4, 0.5) is 5.69 Å². The van der Waals surface area contributed by atoms with Gasteiger partial charge in [-0.2, -0.15) is 0 Å². The molecular weight excluding hydrogens is 300 g/mol. The fourth-order valence-electron chi connectivity index (χ4n) is 2.22. The quantitative estimate of drug-likeness (QED) is 0.623. The van der Waals surface area contributed by atoms with Crippen LogP contribution < -0.4 is 0 Å². The normalized spacial score (nSPS) is 19.0. The maximum absolute atomic E-state index is 12.3. The van der Waals surface area contributed by atoms with E-state index in [0.29, 0.717) is 5.56 Å². The van der Waals surface area contributed by atoms with Gasteiger partial charge in [0.1, 0.15) is 4.47 Å². The first-order valence-corrected chi connectivity index (χ1v) is 6.55. The van der Waals surface area contributed by atoms with E-state index in [0.717, 1.165) is 19.4 Å². The standard InChI is InChI=1S/C12H13BrN2O3/c1-8-4-3-7-14(8)12(16)9-5-2-6-10(11(9)13)15(17)18/h2,5-6,8H,3-4,7H2,1H3. The number of nitrogens with zero attached hydrogens (tertiary/aromatic N) is 2. The average Bonchev–Trinajstić information content (AvgIpc) is 2.74. The lowest BCUT2D eigenvalue weighted by Gasteiger charge is -2.21. The Morgan fingerprint density at radius 3 is 2.83 bits per heavy atom. The minimum Gasteiger partial charge on any atom is -0.336 e. The molecule has 0 saturated carbocycles. The molecule has 18 heavy (non-hydrogen) atoms. The zero-order valence-corrected chi connectivity index (χ0v) is 11.5. The molecule has 1 heterocycles. The van der Waals surface area contributed by atoms with Crippen LogP contribution in [0.15, 0.2) is 22.7 Å². The fraction of sp³-hybridized carbons (Fsp3) is 0.417. The molecule has 1 atom stereocenters. The lowest BCUT2D eigenvalue weighted by molar-refractivity contribution is -0.385. The average molecular weight is 313 g/mol. The van der Waals surface area contributed by atoms with E-state index >= 15 is 0 Å². The third-order valence-electron chi connectivity index (χ3n) is 3.22. The van der Waals surface area contributed by atoms with Gasteiger partial charge in [0.15, 0.2) is 0 Å². The van der Waals surface area contributed by atoms with Crippen LogP contribution in [0.1, 0.15) is 30.1 Å². The number of halogens is 1. The van der Waals surface area contributed by atoms with Crippen LogP contribution in [-0.4, -0.2) is 28.3 Å². The number of hydrogen-bond donors (Lipinski definition) is 0. The number of carbonyl (C=O) groups excluding carboxylic acids is 1. The van der Waals surface area contributed by atoms with E-state index in [4.69, 9.17) is 0 Å². The summed E-state index contributed by atoms with van der Waals surface area (Å²) in [5.41, 5.74) is 0.283. The Morgan fingerprint density at radius 2 is 2.28 bits per heavy atom. The summed E-state index contributed by atoms with van der Waals surface area (Å²) in [6, 6.07) is 4.74. The van der Waals surface area contributed by atoms with Crippen molar-refractivity contribution in [3.8, 4) is 0 Å². The summed E-state index contributed by atoms with van der Waals surface area (Å²) < 4.78 is 0.263. The SMILES string of the molecule is CC1CCCN1C(=O)c1cccc([N+](=O)[O-])c1Br. The van der Waals surface area contributed by atoms with Crippen molar-refractivity contribution in [2.45, 2.75) is 25.8 Å². The molecule has 1 aromatic rings. The molecule has 1 aliphatic rings. The number of carbonyl (C=O) groups is 1. The van der Waals surface area contributed by atoms with Crippen molar-refractivity contribution in [3.63, 3.8) is 0 Å². The predicted octanol–water partition coefficient (Wildman–Crippen LogP) is 2.98. The van der Waals surface area contributed by atoms with E-state index in [1.165, 1.54) is 12.1 Å². The number of hydrogen-bond acceptors (Lipinski definition) is 3. The summed E-state index contributed by atoms with van der Waals surface area (Å²) in [5.74, 6) is -0.143. The zero-order chi connectivity index (χ0) is 13.3. The van der Waals surface area contributed by atoms with Crippen molar-refractivity contribution < 1.29 is 9.72 Å². The minimum absolute atomic E-state index is 0.0762. The number of nitro benzene ring substituents is 1. The summed E-state index contributed by atoms with van der Waals surface area (Å²) in [4.78, 5) is 24.4. The molecule has 0 N–H and O–H groups in total. The van der Waals surface area contributed by atoms with Gasteiger partial charge >= 0.3 is 0 Å². The Labute approximate surface area is 113 Å². The molecule has 1 fully saturated rings. The van der Waals surface area contributed by atoms with E-state index in [1.54, 1.807) is 11.0 Å². The second-order valence-corrected chi connectivity index (χ2v) is 5.18. The van der Waals surface area contributed by atoms with Crippen LogP contribution >= 0.6 is 15.9 Å². The summed E-state index contributed by atoms with van der Waals surface area (Å²) in [6.45, 7) is 2.71. The number of nitro groups is 1. The van der Waals surface area contributed by atoms with Crippen molar-refractivity contribution in [2.24, 2.45) is 0 Å². The Kier molecular flexibility index (Phi) is 3.65. The van der Waals surface area contributed by atoms with Gasteiger partial charge in [-0.05, 0) is 41.8 Å². The number of rotatable bonds is 2. The molecule has 0 bridgehead atoms. The van der Waals surface area contributed by atoms with Gasteiger partial charge in [-0.1, -0.05) is 6.07 Å². The van der Waals surface area contributed by atoms with E-state index in [-0.39, 0.29) is 22.1 Å². The van der Waals surface area contributed by atoms with E-state index in [9.17, 15) is 14.9 Å². The molecule has 1 unspecified atom stereocenters. The molecule has 1 aliphatic heterocycles. The van der Waals surface area contributed by atoms with Gasteiger partial charge in [0.25, 0.3) is 11.6 Å². The lowest BCUT2D eigenvalue weighted by Crippen LogP contribution is -2.33. The number of amides is 1. The Bertz CT molecular complexity index is 504. The molecule has 2 rings (SSSR count). The molecule has 1 saturated heterocycles. The van der Waals surface area contributed by atoms with Gasteiger partial charge < -0.3 is 4.90 Å². The second-order valence-electron chi connectivity index (χ2n) is 4.39. The van der Waals surface area contributed by atoms with Crippen LogP contribution in [0.3, 0.4) is 0 Å². The Balaban J connectivity index is 2.36. The molecule has 96 valence electrons. The third kappa shape index (κ3) is 2.25. The zero-order valence-electron chi connectivity index (χ0n) is 9.93. The molecule has 0 spiro atoms. The van der Waals surface area contributed by atoms with Crippen LogP contribution in [-0.2, 0) is 0 Å². The summed E-state index contributed by atoms with van der Waals surface area (Å²) in [5, 5.41) is 10.8. The smallest absolute Gasteiger partial charge is 0.284 e. The van der Waals surface area contributed by atoms with Crippen LogP contribution in [0, 0.1) is 10.1 Å². The van der Waals surface area contributed by atoms with Crippen LogP contribution in [0.25, 0.3) is 0 Å². The van der Waals surface area contributed by atoms with E-state index in [2.05, 4.69) is 15.9 Å². The van der Waals surface area contributed by atoms with Crippen molar-refractivity contribution in [1.82, 2.24) is 4.90 Å². The Hall–Kier alpha value is -1.43. The molecule has 0 aliphatic carbocycles. The van der Waals surface area contributed by atoms with E-state index in [1.807, 2.05) is 6.92 Å². The van der Waals surface area contributed by atoms with Crippen LogP contribution in [0.2, 0.25) is 0 Å². The van der Waals surface area contributed by atoms with Gasteiger partial charge in [-0.25, -0.2) is 0 Å². The molecule has 0 radical (unpaired) electrons. The highest BCUT2D eigenvalue weighted by Gasteiger charge is 2.29. The highest BCUT2D eigenvalue weighted by Crippen LogP contribution is 2.30. The van der Waals surface area contributed by atoms with Crippen molar-refractivity contribution in [1.29, 1.82) is 0 Å². The lowest BCUT2D eigenvalue weighted by atomic mass is 10.1. The summed E-state index contributed by atoms with van der Waals surface area (Å²) in [7, 11) is 0. The van der Waals surface area contributed by atoms with Crippen molar-refractivity contribution in [3.05, 3.63) is 38.3 Å². The molecular formula is C12H13BrN2O3. The first-order valence-electron chi connectivity index (χ1n) is 5.76. The molecule has 0 aromatic heterocycles. The van der Waals surface area contributed by atoms with Gasteiger partial charge in [0.2, 0.25) is 0 Å². The Morgan fingerprint density at radius 1 is 1.56 bits per heavy atom. The predicted molar refractivity (Wildman–Crippen MR) is 70.5 cm³/mol. The number of benzene rings is 1. The first kappa shape index (κ1) is 13.0. The number of likely N-dealkylation sites (tertiary alicyclic amines) is 1. The largest absolute Gasteiger partial charge is 0.336 e. The maximum atomic E-state index is 12.3. The molecule has 1 amide bonds. The highest BCUT2D eigenvalue weighted by atomic mass is 79.9. The second kappa shape index (κ2) is 5.06. The van der Waals surface area contributed by atoms with Gasteiger partial charge in [0, 0.05) is 18.7 Å². The van der Waals surface area contributed by atoms with Gasteiger partial charge in [-0.3, -0.25) is 14.9 Å². The molecule has 6 heteroatoms. The molecule has 5 nitrogen and oxygen atoms in total. The fourth-order valence-corrected chi connectivity index (χ4v) is 2.79.